The number of nitrogens with zero attached hydrogens (tertiary/aromatic N) is 2. The standard InChI is InChI=1S/C12H17N3O/c1-3-15-11-7-5-4-6-10(11)14-12(15)13-8-9(2)16/h4-7,9,16H,3,8H2,1-2H3,(H,13,14)/t9-/m1/s1. The second-order valence-electron chi connectivity index (χ2n) is 3.90. The number of hydrogen-bond acceptors (Lipinski definition) is 3. The maximum atomic E-state index is 9.25. The highest BCUT2D eigenvalue weighted by Gasteiger charge is 2.08. The number of anilines is 1. The summed E-state index contributed by atoms with van der Waals surface area (Å²) in [5.74, 6) is 0.824. The number of hydrogen-bond donors (Lipinski definition) is 2. The van der Waals surface area contributed by atoms with Gasteiger partial charge in [0, 0.05) is 13.1 Å². The molecule has 2 rings (SSSR count). The molecule has 2 N–H and O–H groups in total. The van der Waals surface area contributed by atoms with E-state index in [-0.39, 0.29) is 6.10 Å². The van der Waals surface area contributed by atoms with Gasteiger partial charge in [-0.1, -0.05) is 12.1 Å². The minimum atomic E-state index is -0.370. The Hall–Kier alpha value is -1.55. The molecule has 0 bridgehead atoms. The Morgan fingerprint density at radius 2 is 2.19 bits per heavy atom. The molecule has 0 saturated carbocycles. The largest absolute Gasteiger partial charge is 0.392 e. The Morgan fingerprint density at radius 1 is 1.44 bits per heavy atom. The highest BCUT2D eigenvalue weighted by atomic mass is 16.3. The van der Waals surface area contributed by atoms with Crippen molar-refractivity contribution >= 4 is 17.0 Å². The van der Waals surface area contributed by atoms with E-state index in [0.29, 0.717) is 6.54 Å². The van der Waals surface area contributed by atoms with Crippen molar-refractivity contribution in [1.29, 1.82) is 0 Å². The fourth-order valence-corrected chi connectivity index (χ4v) is 1.77. The van der Waals surface area contributed by atoms with Crippen LogP contribution >= 0.6 is 0 Å². The van der Waals surface area contributed by atoms with Crippen LogP contribution in [0.15, 0.2) is 24.3 Å². The molecule has 0 spiro atoms. The zero-order valence-electron chi connectivity index (χ0n) is 9.64. The van der Waals surface area contributed by atoms with Gasteiger partial charge in [-0.05, 0) is 26.0 Å². The van der Waals surface area contributed by atoms with Gasteiger partial charge in [0.15, 0.2) is 0 Å². The van der Waals surface area contributed by atoms with Gasteiger partial charge in [-0.3, -0.25) is 0 Å². The normalized spacial score (nSPS) is 12.9. The zero-order valence-corrected chi connectivity index (χ0v) is 9.64. The molecule has 1 atom stereocenters. The van der Waals surface area contributed by atoms with Crippen LogP contribution in [-0.4, -0.2) is 27.3 Å². The molecule has 0 aliphatic rings. The van der Waals surface area contributed by atoms with Crippen molar-refractivity contribution in [2.45, 2.75) is 26.5 Å². The van der Waals surface area contributed by atoms with Crippen LogP contribution in [0, 0.1) is 0 Å². The highest BCUT2D eigenvalue weighted by Crippen LogP contribution is 2.18. The molecule has 1 aromatic heterocycles. The van der Waals surface area contributed by atoms with Crippen LogP contribution in [0.5, 0.6) is 0 Å². The second kappa shape index (κ2) is 4.53. The lowest BCUT2D eigenvalue weighted by molar-refractivity contribution is 0.208. The fraction of sp³-hybridized carbons (Fsp3) is 0.417. The molecule has 0 aliphatic carbocycles. The van der Waals surface area contributed by atoms with E-state index in [1.807, 2.05) is 18.2 Å². The predicted molar refractivity (Wildman–Crippen MR) is 65.6 cm³/mol. The number of aliphatic hydroxyl groups is 1. The summed E-state index contributed by atoms with van der Waals surface area (Å²) in [6.45, 7) is 5.22. The molecule has 86 valence electrons. The lowest BCUT2D eigenvalue weighted by Crippen LogP contribution is -2.17. The first-order valence-corrected chi connectivity index (χ1v) is 5.59. The molecule has 0 saturated heterocycles. The minimum absolute atomic E-state index is 0.370. The summed E-state index contributed by atoms with van der Waals surface area (Å²) >= 11 is 0. The van der Waals surface area contributed by atoms with Crippen LogP contribution in [0.1, 0.15) is 13.8 Å². The van der Waals surface area contributed by atoms with E-state index in [1.165, 1.54) is 0 Å². The van der Waals surface area contributed by atoms with Gasteiger partial charge in [0.2, 0.25) is 5.95 Å². The van der Waals surface area contributed by atoms with Gasteiger partial charge >= 0.3 is 0 Å². The third kappa shape index (κ3) is 2.02. The highest BCUT2D eigenvalue weighted by molar-refractivity contribution is 5.78. The Morgan fingerprint density at radius 3 is 2.88 bits per heavy atom. The minimum Gasteiger partial charge on any atom is -0.392 e. The van der Waals surface area contributed by atoms with Gasteiger partial charge in [-0.15, -0.1) is 0 Å². The summed E-state index contributed by atoms with van der Waals surface area (Å²) in [5.41, 5.74) is 2.11. The molecule has 4 nitrogen and oxygen atoms in total. The molecule has 0 amide bonds. The quantitative estimate of drug-likeness (QED) is 0.825. The lowest BCUT2D eigenvalue weighted by Gasteiger charge is -2.09. The van der Waals surface area contributed by atoms with E-state index in [0.717, 1.165) is 23.5 Å². The zero-order chi connectivity index (χ0) is 11.5. The van der Waals surface area contributed by atoms with Crippen LogP contribution in [0.3, 0.4) is 0 Å². The number of para-hydroxylation sites is 2. The first-order valence-electron chi connectivity index (χ1n) is 5.59. The molecule has 1 heterocycles. The number of aryl methyl sites for hydroxylation is 1. The van der Waals surface area contributed by atoms with Gasteiger partial charge in [0.1, 0.15) is 0 Å². The molecule has 0 fully saturated rings. The maximum absolute atomic E-state index is 9.25. The Balaban J connectivity index is 2.36. The summed E-state index contributed by atoms with van der Waals surface area (Å²) in [4.78, 5) is 4.50. The number of nitrogens with one attached hydrogen (secondary N) is 1. The molecule has 0 aliphatic heterocycles. The predicted octanol–water partition coefficient (Wildman–Crippen LogP) is 1.85. The van der Waals surface area contributed by atoms with Gasteiger partial charge in [0.05, 0.1) is 17.1 Å². The van der Waals surface area contributed by atoms with Crippen molar-refractivity contribution in [1.82, 2.24) is 9.55 Å². The molecule has 0 unspecified atom stereocenters. The van der Waals surface area contributed by atoms with Crippen molar-refractivity contribution in [3.63, 3.8) is 0 Å². The van der Waals surface area contributed by atoms with Crippen LogP contribution in [-0.2, 0) is 6.54 Å². The van der Waals surface area contributed by atoms with E-state index in [4.69, 9.17) is 0 Å². The summed E-state index contributed by atoms with van der Waals surface area (Å²) < 4.78 is 2.11. The summed E-state index contributed by atoms with van der Waals surface area (Å²) in [6.07, 6.45) is -0.370. The number of imidazole rings is 1. The second-order valence-corrected chi connectivity index (χ2v) is 3.90. The van der Waals surface area contributed by atoms with E-state index in [2.05, 4.69) is 27.9 Å². The Kier molecular flexibility index (Phi) is 3.10. The molecule has 16 heavy (non-hydrogen) atoms. The van der Waals surface area contributed by atoms with E-state index >= 15 is 0 Å². The summed E-state index contributed by atoms with van der Waals surface area (Å²) in [7, 11) is 0. The Labute approximate surface area is 94.9 Å². The van der Waals surface area contributed by atoms with Crippen molar-refractivity contribution in [3.8, 4) is 0 Å². The SMILES string of the molecule is CCn1c(NC[C@@H](C)O)nc2ccccc21. The monoisotopic (exact) mass is 219 g/mol. The third-order valence-electron chi connectivity index (χ3n) is 2.53. The smallest absolute Gasteiger partial charge is 0.203 e. The third-order valence-corrected chi connectivity index (χ3v) is 2.53. The Bertz CT molecular complexity index is 476. The van der Waals surface area contributed by atoms with Crippen LogP contribution in [0.4, 0.5) is 5.95 Å². The molecular weight excluding hydrogens is 202 g/mol. The molecule has 1 aromatic carbocycles. The van der Waals surface area contributed by atoms with Gasteiger partial charge < -0.3 is 15.0 Å². The summed E-state index contributed by atoms with van der Waals surface area (Å²) in [5, 5.41) is 12.4. The topological polar surface area (TPSA) is 50.1 Å². The molecule has 2 aromatic rings. The van der Waals surface area contributed by atoms with Crippen molar-refractivity contribution in [2.75, 3.05) is 11.9 Å². The number of aliphatic hydroxyl groups excluding tert-OH is 1. The van der Waals surface area contributed by atoms with E-state index in [1.54, 1.807) is 6.92 Å². The first-order chi connectivity index (χ1) is 7.72. The van der Waals surface area contributed by atoms with Crippen molar-refractivity contribution in [2.24, 2.45) is 0 Å². The molecule has 4 heteroatoms. The molecular formula is C12H17N3O. The van der Waals surface area contributed by atoms with Crippen molar-refractivity contribution in [3.05, 3.63) is 24.3 Å². The molecule has 0 radical (unpaired) electrons. The number of aromatic nitrogens is 2. The van der Waals surface area contributed by atoms with Gasteiger partial charge in [-0.25, -0.2) is 4.98 Å². The maximum Gasteiger partial charge on any atom is 0.203 e. The summed E-state index contributed by atoms with van der Waals surface area (Å²) in [6, 6.07) is 8.04. The first kappa shape index (κ1) is 11.0. The van der Waals surface area contributed by atoms with E-state index < -0.39 is 0 Å². The average Bonchev–Trinajstić information content (AvgIpc) is 2.63. The number of rotatable bonds is 4. The average molecular weight is 219 g/mol. The van der Waals surface area contributed by atoms with Crippen LogP contribution in [0.2, 0.25) is 0 Å². The van der Waals surface area contributed by atoms with Gasteiger partial charge in [0.25, 0.3) is 0 Å². The van der Waals surface area contributed by atoms with Crippen molar-refractivity contribution < 1.29 is 5.11 Å². The van der Waals surface area contributed by atoms with Crippen LogP contribution < -0.4 is 5.32 Å². The fourth-order valence-electron chi connectivity index (χ4n) is 1.77. The number of fused-ring (bicyclic) bond motifs is 1. The lowest BCUT2D eigenvalue weighted by atomic mass is 10.3. The van der Waals surface area contributed by atoms with Gasteiger partial charge in [-0.2, -0.15) is 0 Å². The van der Waals surface area contributed by atoms with E-state index in [9.17, 15) is 5.11 Å². The number of benzene rings is 1. The van der Waals surface area contributed by atoms with Crippen LogP contribution in [0.25, 0.3) is 11.0 Å².